The first-order valence-electron chi connectivity index (χ1n) is 10.3. The first kappa shape index (κ1) is 21.5. The largest absolute Gasteiger partial charge is 0.464 e. The van der Waals surface area contributed by atoms with Crippen LogP contribution >= 0.6 is 23.4 Å². The molecule has 2 heterocycles. The fourth-order valence-electron chi connectivity index (χ4n) is 3.78. The molecule has 160 valence electrons. The standard InChI is InChI=1S/C22H27ClN4O2S/c23-17-7-8-21-19(16-17)27(18-4-1-2-5-20(18)30-21)26-12-10-25(11-13-26)14-15-29-22(28)6-3-9-24/h1-2,4-5,7-8,16H,3,6,9-15,24H2. The quantitative estimate of drug-likeness (QED) is 0.649. The first-order chi connectivity index (χ1) is 14.7. The van der Waals surface area contributed by atoms with Crippen molar-refractivity contribution in [3.05, 3.63) is 47.5 Å². The number of hydrazine groups is 1. The van der Waals surface area contributed by atoms with Crippen LogP contribution in [0.5, 0.6) is 0 Å². The summed E-state index contributed by atoms with van der Waals surface area (Å²) in [6.07, 6.45) is 1.08. The number of nitrogens with two attached hydrogens (primary N) is 1. The van der Waals surface area contributed by atoms with E-state index in [1.807, 2.05) is 12.1 Å². The highest BCUT2D eigenvalue weighted by atomic mass is 35.5. The minimum Gasteiger partial charge on any atom is -0.464 e. The van der Waals surface area contributed by atoms with Crippen molar-refractivity contribution in [1.29, 1.82) is 0 Å². The molecule has 1 saturated heterocycles. The molecule has 0 saturated carbocycles. The SMILES string of the molecule is NCCCC(=O)OCCN1CCN(N2c3ccccc3Sc3ccc(Cl)cc32)CC1. The number of anilines is 2. The van der Waals surface area contributed by atoms with Crippen molar-refractivity contribution in [2.24, 2.45) is 5.73 Å². The molecule has 0 unspecified atom stereocenters. The Morgan fingerprint density at radius 1 is 1.07 bits per heavy atom. The molecular formula is C22H27ClN4O2S. The summed E-state index contributed by atoms with van der Waals surface area (Å²) in [5.74, 6) is -0.157. The number of benzene rings is 2. The Labute approximate surface area is 186 Å². The smallest absolute Gasteiger partial charge is 0.305 e. The summed E-state index contributed by atoms with van der Waals surface area (Å²) in [4.78, 5) is 16.4. The van der Waals surface area contributed by atoms with E-state index in [1.54, 1.807) is 11.8 Å². The second-order valence-corrected chi connectivity index (χ2v) is 8.92. The molecule has 0 radical (unpaired) electrons. The lowest BCUT2D eigenvalue weighted by Gasteiger charge is -2.44. The third-order valence-corrected chi connectivity index (χ3v) is 6.72. The van der Waals surface area contributed by atoms with E-state index in [1.165, 1.54) is 15.5 Å². The van der Waals surface area contributed by atoms with E-state index in [9.17, 15) is 4.79 Å². The van der Waals surface area contributed by atoms with Gasteiger partial charge >= 0.3 is 5.97 Å². The summed E-state index contributed by atoms with van der Waals surface area (Å²) in [6.45, 7) is 5.34. The van der Waals surface area contributed by atoms with Crippen LogP contribution in [0.25, 0.3) is 0 Å². The zero-order valence-corrected chi connectivity index (χ0v) is 18.5. The molecule has 0 spiro atoms. The molecule has 0 aromatic heterocycles. The number of fused-ring (bicyclic) bond motifs is 2. The number of halogens is 1. The van der Waals surface area contributed by atoms with Gasteiger partial charge in [0.2, 0.25) is 0 Å². The number of ether oxygens (including phenoxy) is 1. The molecule has 8 heteroatoms. The van der Waals surface area contributed by atoms with Crippen molar-refractivity contribution in [2.45, 2.75) is 22.6 Å². The van der Waals surface area contributed by atoms with Crippen molar-refractivity contribution in [1.82, 2.24) is 9.91 Å². The van der Waals surface area contributed by atoms with Gasteiger partial charge in [-0.3, -0.25) is 14.7 Å². The highest BCUT2D eigenvalue weighted by Crippen LogP contribution is 2.49. The van der Waals surface area contributed by atoms with Crippen molar-refractivity contribution in [2.75, 3.05) is 50.9 Å². The van der Waals surface area contributed by atoms with Gasteiger partial charge in [0.15, 0.2) is 0 Å². The molecule has 4 rings (SSSR count). The number of carbonyl (C=O) groups excluding carboxylic acids is 1. The molecule has 1 fully saturated rings. The lowest BCUT2D eigenvalue weighted by Crippen LogP contribution is -2.53. The zero-order chi connectivity index (χ0) is 20.9. The molecule has 2 aromatic rings. The van der Waals surface area contributed by atoms with Gasteiger partial charge in [-0.1, -0.05) is 35.5 Å². The van der Waals surface area contributed by atoms with Crippen LogP contribution in [0, 0.1) is 0 Å². The minimum absolute atomic E-state index is 0.157. The summed E-state index contributed by atoms with van der Waals surface area (Å²) < 4.78 is 5.32. The number of piperazine rings is 1. The molecule has 0 amide bonds. The van der Waals surface area contributed by atoms with E-state index in [-0.39, 0.29) is 5.97 Å². The maximum Gasteiger partial charge on any atom is 0.305 e. The molecule has 6 nitrogen and oxygen atoms in total. The Morgan fingerprint density at radius 2 is 1.83 bits per heavy atom. The second kappa shape index (κ2) is 10.0. The number of rotatable bonds is 7. The van der Waals surface area contributed by atoms with Crippen LogP contribution in [0.15, 0.2) is 52.3 Å². The summed E-state index contributed by atoms with van der Waals surface area (Å²) >= 11 is 8.12. The number of nitrogens with zero attached hydrogens (tertiary/aromatic N) is 3. The Bertz CT molecular complexity index is 889. The van der Waals surface area contributed by atoms with E-state index in [2.05, 4.69) is 45.2 Å². The number of hydrogen-bond donors (Lipinski definition) is 1. The summed E-state index contributed by atoms with van der Waals surface area (Å²) in [6, 6.07) is 14.6. The van der Waals surface area contributed by atoms with E-state index in [0.717, 1.165) is 43.4 Å². The molecular weight excluding hydrogens is 420 g/mol. The molecule has 2 aliphatic heterocycles. The lowest BCUT2D eigenvalue weighted by molar-refractivity contribution is -0.144. The normalized spacial score (nSPS) is 16.8. The maximum atomic E-state index is 11.6. The molecule has 0 atom stereocenters. The van der Waals surface area contributed by atoms with E-state index in [0.29, 0.717) is 26.0 Å². The van der Waals surface area contributed by atoms with Gasteiger partial charge in [-0.05, 0) is 43.3 Å². The van der Waals surface area contributed by atoms with Gasteiger partial charge in [-0.25, -0.2) is 5.01 Å². The van der Waals surface area contributed by atoms with Crippen LogP contribution in [-0.4, -0.2) is 61.8 Å². The topological polar surface area (TPSA) is 62.0 Å². The molecule has 2 N–H and O–H groups in total. The third-order valence-electron chi connectivity index (χ3n) is 5.35. The average molecular weight is 447 g/mol. The van der Waals surface area contributed by atoms with E-state index in [4.69, 9.17) is 22.1 Å². The maximum absolute atomic E-state index is 11.6. The summed E-state index contributed by atoms with van der Waals surface area (Å²) in [5.41, 5.74) is 7.76. The Hall–Kier alpha value is -1.77. The predicted molar refractivity (Wildman–Crippen MR) is 121 cm³/mol. The van der Waals surface area contributed by atoms with Gasteiger partial charge in [0, 0.05) is 54.0 Å². The van der Waals surface area contributed by atoms with Gasteiger partial charge in [-0.15, -0.1) is 0 Å². The fourth-order valence-corrected chi connectivity index (χ4v) is 4.98. The zero-order valence-electron chi connectivity index (χ0n) is 16.9. The molecule has 2 aliphatic rings. The highest BCUT2D eigenvalue weighted by Gasteiger charge is 2.30. The Kier molecular flexibility index (Phi) is 7.17. The number of esters is 1. The fraction of sp³-hybridized carbons (Fsp3) is 0.409. The monoisotopic (exact) mass is 446 g/mol. The summed E-state index contributed by atoms with van der Waals surface area (Å²) in [7, 11) is 0. The van der Waals surface area contributed by atoms with Crippen LogP contribution in [-0.2, 0) is 9.53 Å². The molecule has 0 bridgehead atoms. The van der Waals surface area contributed by atoms with Crippen molar-refractivity contribution < 1.29 is 9.53 Å². The van der Waals surface area contributed by atoms with Crippen molar-refractivity contribution in [3.63, 3.8) is 0 Å². The minimum atomic E-state index is -0.157. The second-order valence-electron chi connectivity index (χ2n) is 7.40. The number of para-hydroxylation sites is 1. The number of hydrogen-bond acceptors (Lipinski definition) is 7. The predicted octanol–water partition coefficient (Wildman–Crippen LogP) is 3.76. The van der Waals surface area contributed by atoms with Crippen LogP contribution < -0.4 is 10.7 Å². The van der Waals surface area contributed by atoms with Gasteiger partial charge in [0.05, 0.1) is 11.4 Å². The molecule has 2 aromatic carbocycles. The van der Waals surface area contributed by atoms with Gasteiger partial charge in [0.1, 0.15) is 6.61 Å². The van der Waals surface area contributed by atoms with Crippen molar-refractivity contribution in [3.8, 4) is 0 Å². The lowest BCUT2D eigenvalue weighted by atomic mass is 10.2. The van der Waals surface area contributed by atoms with Crippen LogP contribution in [0.4, 0.5) is 11.4 Å². The third kappa shape index (κ3) is 4.92. The molecule has 0 aliphatic carbocycles. The van der Waals surface area contributed by atoms with Crippen LogP contribution in [0.1, 0.15) is 12.8 Å². The number of carbonyl (C=O) groups is 1. The average Bonchev–Trinajstić information content (AvgIpc) is 2.77. The van der Waals surface area contributed by atoms with E-state index >= 15 is 0 Å². The van der Waals surface area contributed by atoms with Gasteiger partial charge in [-0.2, -0.15) is 0 Å². The Balaban J connectivity index is 1.39. The molecule has 30 heavy (non-hydrogen) atoms. The summed E-state index contributed by atoms with van der Waals surface area (Å²) in [5, 5.41) is 5.45. The van der Waals surface area contributed by atoms with E-state index < -0.39 is 0 Å². The Morgan fingerprint density at radius 3 is 2.63 bits per heavy atom. The highest BCUT2D eigenvalue weighted by molar-refractivity contribution is 7.99. The van der Waals surface area contributed by atoms with Crippen LogP contribution in [0.2, 0.25) is 5.02 Å². The van der Waals surface area contributed by atoms with Crippen LogP contribution in [0.3, 0.4) is 0 Å². The van der Waals surface area contributed by atoms with Gasteiger partial charge in [0.25, 0.3) is 0 Å². The van der Waals surface area contributed by atoms with Crippen molar-refractivity contribution >= 4 is 40.7 Å². The first-order valence-corrected chi connectivity index (χ1v) is 11.5. The van der Waals surface area contributed by atoms with Gasteiger partial charge < -0.3 is 10.5 Å².